The summed E-state index contributed by atoms with van der Waals surface area (Å²) in [5, 5.41) is 4.77. The zero-order valence-electron chi connectivity index (χ0n) is 8.38. The van der Waals surface area contributed by atoms with Crippen LogP contribution in [0.4, 0.5) is 0 Å². The monoisotopic (exact) mass is 227 g/mol. The summed E-state index contributed by atoms with van der Waals surface area (Å²) in [6.45, 7) is 3.30. The van der Waals surface area contributed by atoms with Crippen molar-refractivity contribution in [1.82, 2.24) is 5.32 Å². The third-order valence-electron chi connectivity index (χ3n) is 2.69. The molecular formula is C11H14ClNS. The van der Waals surface area contributed by atoms with Crippen LogP contribution in [-0.2, 0) is 0 Å². The predicted octanol–water partition coefficient (Wildman–Crippen LogP) is 3.14. The highest BCUT2D eigenvalue weighted by Crippen LogP contribution is 2.47. The molecule has 2 unspecified atom stereocenters. The Labute approximate surface area is 94.2 Å². The molecule has 0 aliphatic carbocycles. The second-order valence-electron chi connectivity index (χ2n) is 3.65. The Morgan fingerprint density at radius 2 is 2.29 bits per heavy atom. The molecule has 0 spiro atoms. The standard InChI is InChI=1S/C11H14ClNS/c1-7-9(6-13-2)8-4-3-5-10(12)11(8)14-7/h3-5,7,9,13H,6H2,1-2H3. The largest absolute Gasteiger partial charge is 0.319 e. The second-order valence-corrected chi connectivity index (χ2v) is 5.44. The molecule has 1 N–H and O–H groups in total. The van der Waals surface area contributed by atoms with Crippen LogP contribution in [0.3, 0.4) is 0 Å². The van der Waals surface area contributed by atoms with E-state index in [1.54, 1.807) is 0 Å². The van der Waals surface area contributed by atoms with Gasteiger partial charge in [0.05, 0.1) is 5.02 Å². The zero-order valence-corrected chi connectivity index (χ0v) is 9.95. The van der Waals surface area contributed by atoms with Gasteiger partial charge in [-0.3, -0.25) is 0 Å². The Hall–Kier alpha value is -0.180. The van der Waals surface area contributed by atoms with E-state index in [-0.39, 0.29) is 0 Å². The van der Waals surface area contributed by atoms with Crippen LogP contribution in [0.15, 0.2) is 23.1 Å². The SMILES string of the molecule is CNCC1c2cccc(Cl)c2SC1C. The zero-order chi connectivity index (χ0) is 10.1. The van der Waals surface area contributed by atoms with Gasteiger partial charge in [-0.2, -0.15) is 0 Å². The van der Waals surface area contributed by atoms with Crippen molar-refractivity contribution in [3.63, 3.8) is 0 Å². The number of likely N-dealkylation sites (N-methyl/N-ethyl adjacent to an activating group) is 1. The normalized spacial score (nSPS) is 25.1. The first-order chi connectivity index (χ1) is 6.74. The molecule has 14 heavy (non-hydrogen) atoms. The number of rotatable bonds is 2. The Morgan fingerprint density at radius 1 is 1.50 bits per heavy atom. The fraction of sp³-hybridized carbons (Fsp3) is 0.455. The highest BCUT2D eigenvalue weighted by Gasteiger charge is 2.30. The first-order valence-corrected chi connectivity index (χ1v) is 6.09. The molecule has 0 saturated heterocycles. The molecule has 1 heterocycles. The number of nitrogens with one attached hydrogen (secondary N) is 1. The van der Waals surface area contributed by atoms with E-state index in [0.717, 1.165) is 11.6 Å². The molecule has 2 rings (SSSR count). The molecule has 2 atom stereocenters. The Bertz CT molecular complexity index is 340. The van der Waals surface area contributed by atoms with Crippen LogP contribution in [0.2, 0.25) is 5.02 Å². The molecule has 1 aliphatic rings. The summed E-state index contributed by atoms with van der Waals surface area (Å²) >= 11 is 8.05. The van der Waals surface area contributed by atoms with Crippen LogP contribution in [0.25, 0.3) is 0 Å². The quantitative estimate of drug-likeness (QED) is 0.833. The lowest BCUT2D eigenvalue weighted by Gasteiger charge is -2.14. The minimum absolute atomic E-state index is 0.596. The summed E-state index contributed by atoms with van der Waals surface area (Å²) < 4.78 is 0. The molecular weight excluding hydrogens is 214 g/mol. The summed E-state index contributed by atoms with van der Waals surface area (Å²) in [5.41, 5.74) is 1.41. The van der Waals surface area contributed by atoms with Gasteiger partial charge in [0.15, 0.2) is 0 Å². The minimum Gasteiger partial charge on any atom is -0.319 e. The Balaban J connectivity index is 2.37. The van der Waals surface area contributed by atoms with Crippen LogP contribution in [0.1, 0.15) is 18.4 Å². The van der Waals surface area contributed by atoms with Gasteiger partial charge in [0.25, 0.3) is 0 Å². The summed E-state index contributed by atoms with van der Waals surface area (Å²) in [6, 6.07) is 6.21. The highest BCUT2D eigenvalue weighted by atomic mass is 35.5. The van der Waals surface area contributed by atoms with Crippen LogP contribution in [0.5, 0.6) is 0 Å². The van der Waals surface area contributed by atoms with Gasteiger partial charge in [-0.15, -0.1) is 11.8 Å². The van der Waals surface area contributed by atoms with E-state index in [4.69, 9.17) is 11.6 Å². The summed E-state index contributed by atoms with van der Waals surface area (Å²) in [6.07, 6.45) is 0. The van der Waals surface area contributed by atoms with E-state index in [9.17, 15) is 0 Å². The van der Waals surface area contributed by atoms with E-state index in [2.05, 4.69) is 18.3 Å². The van der Waals surface area contributed by atoms with E-state index < -0.39 is 0 Å². The predicted molar refractivity (Wildman–Crippen MR) is 63.4 cm³/mol. The van der Waals surface area contributed by atoms with Crippen LogP contribution < -0.4 is 5.32 Å². The second kappa shape index (κ2) is 4.13. The molecule has 0 bridgehead atoms. The first-order valence-electron chi connectivity index (χ1n) is 4.83. The van der Waals surface area contributed by atoms with Crippen molar-refractivity contribution in [3.8, 4) is 0 Å². The van der Waals surface area contributed by atoms with Gasteiger partial charge >= 0.3 is 0 Å². The lowest BCUT2D eigenvalue weighted by Crippen LogP contribution is -2.21. The average molecular weight is 228 g/mol. The number of hydrogen-bond acceptors (Lipinski definition) is 2. The lowest BCUT2D eigenvalue weighted by molar-refractivity contribution is 0.628. The molecule has 76 valence electrons. The van der Waals surface area contributed by atoms with Gasteiger partial charge in [0, 0.05) is 22.6 Å². The van der Waals surface area contributed by atoms with E-state index >= 15 is 0 Å². The average Bonchev–Trinajstić information content (AvgIpc) is 2.47. The summed E-state index contributed by atoms with van der Waals surface area (Å²) in [5.74, 6) is 0.596. The van der Waals surface area contributed by atoms with Crippen LogP contribution in [-0.4, -0.2) is 18.8 Å². The number of benzene rings is 1. The smallest absolute Gasteiger partial charge is 0.0544 e. The maximum atomic E-state index is 6.16. The maximum absolute atomic E-state index is 6.16. The van der Waals surface area contributed by atoms with Gasteiger partial charge in [-0.05, 0) is 18.7 Å². The van der Waals surface area contributed by atoms with Crippen molar-refractivity contribution in [3.05, 3.63) is 28.8 Å². The third kappa shape index (κ3) is 1.67. The molecule has 0 fully saturated rings. The van der Waals surface area contributed by atoms with Gasteiger partial charge in [-0.25, -0.2) is 0 Å². The molecule has 0 aromatic heterocycles. The van der Waals surface area contributed by atoms with Gasteiger partial charge in [0.2, 0.25) is 0 Å². The van der Waals surface area contributed by atoms with Gasteiger partial charge in [-0.1, -0.05) is 30.7 Å². The fourth-order valence-corrected chi connectivity index (χ4v) is 3.59. The number of thioether (sulfide) groups is 1. The van der Waals surface area contributed by atoms with E-state index in [0.29, 0.717) is 11.2 Å². The van der Waals surface area contributed by atoms with Crippen molar-refractivity contribution in [2.75, 3.05) is 13.6 Å². The molecule has 1 aromatic rings. The number of hydrogen-bond donors (Lipinski definition) is 1. The van der Waals surface area contributed by atoms with Crippen LogP contribution >= 0.6 is 23.4 Å². The highest BCUT2D eigenvalue weighted by molar-refractivity contribution is 8.00. The molecule has 0 saturated carbocycles. The van der Waals surface area contributed by atoms with Crippen molar-refractivity contribution in [2.45, 2.75) is 23.0 Å². The van der Waals surface area contributed by atoms with Crippen molar-refractivity contribution in [2.24, 2.45) is 0 Å². The number of fused-ring (bicyclic) bond motifs is 1. The molecule has 1 aliphatic heterocycles. The molecule has 3 heteroatoms. The lowest BCUT2D eigenvalue weighted by atomic mass is 9.96. The van der Waals surface area contributed by atoms with Crippen molar-refractivity contribution < 1.29 is 0 Å². The number of halogens is 1. The van der Waals surface area contributed by atoms with Crippen molar-refractivity contribution >= 4 is 23.4 Å². The van der Waals surface area contributed by atoms with Crippen LogP contribution in [0, 0.1) is 0 Å². The third-order valence-corrected chi connectivity index (χ3v) is 4.51. The Morgan fingerprint density at radius 3 is 3.00 bits per heavy atom. The topological polar surface area (TPSA) is 12.0 Å². The van der Waals surface area contributed by atoms with E-state index in [1.165, 1.54) is 10.5 Å². The first kappa shape index (κ1) is 10.3. The van der Waals surface area contributed by atoms with Gasteiger partial charge < -0.3 is 5.32 Å². The maximum Gasteiger partial charge on any atom is 0.0544 e. The summed E-state index contributed by atoms with van der Waals surface area (Å²) in [7, 11) is 2.00. The fourth-order valence-electron chi connectivity index (χ4n) is 1.96. The van der Waals surface area contributed by atoms with E-state index in [1.807, 2.05) is 30.9 Å². The molecule has 0 amide bonds. The molecule has 1 nitrogen and oxygen atoms in total. The minimum atomic E-state index is 0.596. The van der Waals surface area contributed by atoms with Gasteiger partial charge in [0.1, 0.15) is 0 Å². The Kier molecular flexibility index (Phi) is 3.05. The molecule has 1 aromatic carbocycles. The van der Waals surface area contributed by atoms with Crippen molar-refractivity contribution in [1.29, 1.82) is 0 Å². The summed E-state index contributed by atoms with van der Waals surface area (Å²) in [4.78, 5) is 1.28. The molecule has 0 radical (unpaired) electrons.